The number of sulfone groups is 1. The van der Waals surface area contributed by atoms with Crippen molar-refractivity contribution in [1.82, 2.24) is 0 Å². The molecule has 1 aliphatic heterocycles. The molecule has 1 heterocycles. The fourth-order valence-electron chi connectivity index (χ4n) is 2.32. The first-order chi connectivity index (χ1) is 10.0. The molecular formula is C17H16O2SSe. The summed E-state index contributed by atoms with van der Waals surface area (Å²) < 4.78 is 25.4. The molecule has 0 aromatic heterocycles. The summed E-state index contributed by atoms with van der Waals surface area (Å²) in [5, 5.41) is 1.48. The normalized spacial score (nSPS) is 20.8. The zero-order chi connectivity index (χ0) is 14.9. The number of benzene rings is 2. The van der Waals surface area contributed by atoms with Gasteiger partial charge in [-0.25, -0.2) is 0 Å². The van der Waals surface area contributed by atoms with Crippen molar-refractivity contribution in [3.8, 4) is 0 Å². The molecule has 108 valence electrons. The standard InChI is InChI=1S/C17H16O2SSe/c1-13-7-9-15(10-8-13)17-12-20(18,19)11-16(21-17)14-5-3-2-4-6-14/h2-11,17H,12H2,1H3. The molecule has 1 aliphatic rings. The fraction of sp³-hybridized carbons (Fsp3) is 0.176. The first-order valence-electron chi connectivity index (χ1n) is 6.77. The number of rotatable bonds is 2. The molecular weight excluding hydrogens is 347 g/mol. The Bertz CT molecular complexity index is 762. The Kier molecular flexibility index (Phi) is 4.03. The predicted molar refractivity (Wildman–Crippen MR) is 87.9 cm³/mol. The molecule has 3 rings (SSSR count). The average Bonchev–Trinajstić information content (AvgIpc) is 2.47. The second-order valence-corrected chi connectivity index (χ2v) is 9.70. The van der Waals surface area contributed by atoms with Crippen molar-refractivity contribution in [3.63, 3.8) is 0 Å². The van der Waals surface area contributed by atoms with Gasteiger partial charge in [0, 0.05) is 0 Å². The van der Waals surface area contributed by atoms with Gasteiger partial charge in [0.1, 0.15) is 0 Å². The van der Waals surface area contributed by atoms with Crippen LogP contribution in [0.3, 0.4) is 0 Å². The van der Waals surface area contributed by atoms with Gasteiger partial charge in [-0.15, -0.1) is 0 Å². The van der Waals surface area contributed by atoms with Crippen LogP contribution in [0.2, 0.25) is 0 Å². The van der Waals surface area contributed by atoms with E-state index < -0.39 is 9.84 Å². The Morgan fingerprint density at radius 2 is 1.67 bits per heavy atom. The third-order valence-electron chi connectivity index (χ3n) is 3.45. The molecule has 0 aliphatic carbocycles. The van der Waals surface area contributed by atoms with E-state index in [1.54, 1.807) is 0 Å². The average molecular weight is 363 g/mol. The molecule has 4 heteroatoms. The molecule has 0 bridgehead atoms. The van der Waals surface area contributed by atoms with Crippen LogP contribution in [0, 0.1) is 6.92 Å². The van der Waals surface area contributed by atoms with Crippen molar-refractivity contribution in [2.24, 2.45) is 0 Å². The van der Waals surface area contributed by atoms with Gasteiger partial charge in [-0.2, -0.15) is 0 Å². The van der Waals surface area contributed by atoms with Crippen LogP contribution in [0.25, 0.3) is 4.47 Å². The number of hydrogen-bond donors (Lipinski definition) is 0. The molecule has 0 N–H and O–H groups in total. The molecule has 21 heavy (non-hydrogen) atoms. The topological polar surface area (TPSA) is 34.1 Å². The van der Waals surface area contributed by atoms with E-state index in [4.69, 9.17) is 0 Å². The van der Waals surface area contributed by atoms with E-state index in [9.17, 15) is 8.42 Å². The first-order valence-corrected chi connectivity index (χ1v) is 10.3. The van der Waals surface area contributed by atoms with Gasteiger partial charge < -0.3 is 0 Å². The molecule has 2 nitrogen and oxygen atoms in total. The zero-order valence-corrected chi connectivity index (χ0v) is 14.2. The maximum atomic E-state index is 12.2. The maximum absolute atomic E-state index is 12.2. The summed E-state index contributed by atoms with van der Waals surface area (Å²) in [6.07, 6.45) is 0. The molecule has 2 aromatic carbocycles. The minimum absolute atomic E-state index is 0.100. The quantitative estimate of drug-likeness (QED) is 0.768. The van der Waals surface area contributed by atoms with Crippen LogP contribution in [-0.4, -0.2) is 29.1 Å². The van der Waals surface area contributed by atoms with E-state index in [0.29, 0.717) is 0 Å². The Labute approximate surface area is 132 Å². The van der Waals surface area contributed by atoms with E-state index in [1.165, 1.54) is 11.0 Å². The summed E-state index contributed by atoms with van der Waals surface area (Å²) in [5.41, 5.74) is 3.35. The molecule has 0 amide bonds. The van der Waals surface area contributed by atoms with Gasteiger partial charge in [-0.1, -0.05) is 0 Å². The second-order valence-electron chi connectivity index (χ2n) is 5.19. The second kappa shape index (κ2) is 5.80. The van der Waals surface area contributed by atoms with Crippen LogP contribution < -0.4 is 0 Å². The van der Waals surface area contributed by atoms with Crippen LogP contribution in [0.1, 0.15) is 21.5 Å². The third kappa shape index (κ3) is 3.46. The van der Waals surface area contributed by atoms with E-state index >= 15 is 0 Å². The molecule has 0 saturated heterocycles. The summed E-state index contributed by atoms with van der Waals surface area (Å²) in [4.78, 5) is 0.100. The molecule has 0 fully saturated rings. The number of hydrogen-bond acceptors (Lipinski definition) is 2. The van der Waals surface area contributed by atoms with Gasteiger partial charge in [0.25, 0.3) is 0 Å². The van der Waals surface area contributed by atoms with Crippen molar-refractivity contribution in [2.75, 3.05) is 5.75 Å². The van der Waals surface area contributed by atoms with Crippen molar-refractivity contribution >= 4 is 29.3 Å². The molecule has 1 unspecified atom stereocenters. The van der Waals surface area contributed by atoms with Crippen LogP contribution in [0.4, 0.5) is 0 Å². The Balaban J connectivity index is 1.97. The SMILES string of the molecule is Cc1ccc(C2CS(=O)(=O)C=C(c3ccccc3)[Se]2)cc1. The van der Waals surface area contributed by atoms with E-state index in [0.717, 1.165) is 15.6 Å². The first kappa shape index (κ1) is 14.6. The Hall–Kier alpha value is -1.35. The van der Waals surface area contributed by atoms with E-state index in [1.807, 2.05) is 37.3 Å². The third-order valence-corrected chi connectivity index (χ3v) is 8.44. The molecule has 0 saturated carbocycles. The van der Waals surface area contributed by atoms with Gasteiger partial charge in [0.15, 0.2) is 0 Å². The van der Waals surface area contributed by atoms with Gasteiger partial charge in [-0.3, -0.25) is 0 Å². The monoisotopic (exact) mass is 364 g/mol. The minimum atomic E-state index is -3.13. The fourth-order valence-corrected chi connectivity index (χ4v) is 8.34. The van der Waals surface area contributed by atoms with Crippen LogP contribution in [0.15, 0.2) is 60.0 Å². The Morgan fingerprint density at radius 1 is 1.00 bits per heavy atom. The predicted octanol–water partition coefficient (Wildman–Crippen LogP) is 3.17. The van der Waals surface area contributed by atoms with Gasteiger partial charge in [0.2, 0.25) is 0 Å². The van der Waals surface area contributed by atoms with E-state index in [2.05, 4.69) is 24.3 Å². The summed E-state index contributed by atoms with van der Waals surface area (Å²) in [7, 11) is -3.13. The molecule has 1 atom stereocenters. The van der Waals surface area contributed by atoms with Gasteiger partial charge in [-0.05, 0) is 0 Å². The van der Waals surface area contributed by atoms with Crippen molar-refractivity contribution in [1.29, 1.82) is 0 Å². The van der Waals surface area contributed by atoms with Crippen LogP contribution >= 0.6 is 0 Å². The van der Waals surface area contributed by atoms with Crippen molar-refractivity contribution in [2.45, 2.75) is 11.7 Å². The molecule has 0 radical (unpaired) electrons. The molecule has 2 aromatic rings. The van der Waals surface area contributed by atoms with Crippen LogP contribution in [-0.2, 0) is 9.84 Å². The molecule has 0 spiro atoms. The zero-order valence-electron chi connectivity index (χ0n) is 11.7. The van der Waals surface area contributed by atoms with Gasteiger partial charge >= 0.3 is 132 Å². The van der Waals surface area contributed by atoms with Crippen LogP contribution in [0.5, 0.6) is 0 Å². The van der Waals surface area contributed by atoms with E-state index in [-0.39, 0.29) is 25.5 Å². The number of aryl methyl sites for hydroxylation is 1. The summed E-state index contributed by atoms with van der Waals surface area (Å²) in [6.45, 7) is 2.04. The summed E-state index contributed by atoms with van der Waals surface area (Å²) >= 11 is 0.127. The van der Waals surface area contributed by atoms with Gasteiger partial charge in [0.05, 0.1) is 0 Å². The van der Waals surface area contributed by atoms with Crippen molar-refractivity contribution in [3.05, 3.63) is 76.7 Å². The van der Waals surface area contributed by atoms with Crippen molar-refractivity contribution < 1.29 is 8.42 Å². The summed E-state index contributed by atoms with van der Waals surface area (Å²) in [5.74, 6) is 0.229. The Morgan fingerprint density at radius 3 is 2.33 bits per heavy atom. The summed E-state index contributed by atoms with van der Waals surface area (Å²) in [6, 6.07) is 18.1.